The molecule has 2 amide bonds. The van der Waals surface area contributed by atoms with Gasteiger partial charge in [0, 0.05) is 50.3 Å². The van der Waals surface area contributed by atoms with Gasteiger partial charge in [0.05, 0.1) is 11.7 Å². The van der Waals surface area contributed by atoms with Crippen molar-refractivity contribution in [3.63, 3.8) is 0 Å². The summed E-state index contributed by atoms with van der Waals surface area (Å²) in [4.78, 5) is 37.5. The lowest BCUT2D eigenvalue weighted by molar-refractivity contribution is -0.129. The fourth-order valence-electron chi connectivity index (χ4n) is 3.99. The summed E-state index contributed by atoms with van der Waals surface area (Å²) >= 11 is 0. The van der Waals surface area contributed by atoms with Gasteiger partial charge < -0.3 is 9.80 Å². The molecule has 146 valence electrons. The van der Waals surface area contributed by atoms with Crippen LogP contribution in [0.25, 0.3) is 0 Å². The van der Waals surface area contributed by atoms with Gasteiger partial charge in [-0.15, -0.1) is 0 Å². The van der Waals surface area contributed by atoms with E-state index < -0.39 is 5.82 Å². The van der Waals surface area contributed by atoms with Crippen LogP contribution >= 0.6 is 0 Å². The van der Waals surface area contributed by atoms with E-state index in [0.717, 1.165) is 30.5 Å². The Balaban J connectivity index is 1.60. The van der Waals surface area contributed by atoms with Crippen LogP contribution in [0.5, 0.6) is 0 Å². The first-order valence-corrected chi connectivity index (χ1v) is 9.69. The summed E-state index contributed by atoms with van der Waals surface area (Å²) in [5.41, 5.74) is 2.26. The average Bonchev–Trinajstić information content (AvgIpc) is 2.72. The fraction of sp³-hybridized carbons (Fsp3) is 0.429. The molecule has 0 radical (unpaired) electrons. The van der Waals surface area contributed by atoms with E-state index in [0.29, 0.717) is 37.4 Å². The van der Waals surface area contributed by atoms with Crippen LogP contribution in [0.2, 0.25) is 0 Å². The van der Waals surface area contributed by atoms with E-state index >= 15 is 0 Å². The summed E-state index contributed by atoms with van der Waals surface area (Å²) in [6.07, 6.45) is 5.17. The van der Waals surface area contributed by atoms with Crippen molar-refractivity contribution in [3.8, 4) is 0 Å². The molecule has 2 aromatic rings. The van der Waals surface area contributed by atoms with Crippen molar-refractivity contribution in [2.24, 2.45) is 0 Å². The van der Waals surface area contributed by atoms with E-state index in [2.05, 4.69) is 4.98 Å². The molecule has 1 atom stereocenters. The number of nitrogens with zero attached hydrogens (tertiary/aromatic N) is 4. The third kappa shape index (κ3) is 3.61. The number of benzene rings is 1. The molecule has 1 aromatic carbocycles. The van der Waals surface area contributed by atoms with E-state index in [9.17, 15) is 14.0 Å². The monoisotopic (exact) mass is 382 g/mol. The molecule has 3 heterocycles. The molecule has 0 spiro atoms. The summed E-state index contributed by atoms with van der Waals surface area (Å²) < 4.78 is 13.6. The van der Waals surface area contributed by atoms with Crippen molar-refractivity contribution in [1.82, 2.24) is 19.8 Å². The van der Waals surface area contributed by atoms with Gasteiger partial charge >= 0.3 is 0 Å². The number of halogens is 1. The van der Waals surface area contributed by atoms with Crippen LogP contribution in [-0.2, 0) is 17.8 Å². The summed E-state index contributed by atoms with van der Waals surface area (Å²) in [5, 5.41) is 0. The highest BCUT2D eigenvalue weighted by atomic mass is 19.1. The van der Waals surface area contributed by atoms with Gasteiger partial charge in [0.2, 0.25) is 5.91 Å². The molecule has 1 unspecified atom stereocenters. The third-order valence-corrected chi connectivity index (χ3v) is 5.53. The van der Waals surface area contributed by atoms with Crippen LogP contribution in [-0.4, -0.2) is 44.7 Å². The Labute approximate surface area is 163 Å². The van der Waals surface area contributed by atoms with Crippen molar-refractivity contribution in [2.45, 2.75) is 45.2 Å². The Morgan fingerprint density at radius 2 is 2.07 bits per heavy atom. The standard InChI is InChI=1S/C21H23FN4O2/c1-14(27)25-10-8-18-16(13-25)12-23-20(24-18)19-7-2-3-9-26(19)21(28)15-5-4-6-17(22)11-15/h4-6,11-12,19H,2-3,7-10,13H2,1H3. The topological polar surface area (TPSA) is 66.4 Å². The number of aromatic nitrogens is 2. The van der Waals surface area contributed by atoms with Crippen LogP contribution in [0.3, 0.4) is 0 Å². The quantitative estimate of drug-likeness (QED) is 0.801. The molecule has 0 saturated carbocycles. The number of likely N-dealkylation sites (tertiary alicyclic amines) is 1. The Kier molecular flexibility index (Phi) is 5.07. The highest BCUT2D eigenvalue weighted by molar-refractivity contribution is 5.94. The van der Waals surface area contributed by atoms with E-state index in [-0.39, 0.29) is 17.9 Å². The van der Waals surface area contributed by atoms with Crippen LogP contribution < -0.4 is 0 Å². The molecule has 28 heavy (non-hydrogen) atoms. The van der Waals surface area contributed by atoms with Gasteiger partial charge in [-0.2, -0.15) is 0 Å². The largest absolute Gasteiger partial charge is 0.338 e. The molecule has 4 rings (SSSR count). The Morgan fingerprint density at radius 1 is 1.21 bits per heavy atom. The first-order chi connectivity index (χ1) is 13.5. The van der Waals surface area contributed by atoms with Gasteiger partial charge in [0.15, 0.2) is 5.82 Å². The first-order valence-electron chi connectivity index (χ1n) is 9.69. The zero-order valence-electron chi connectivity index (χ0n) is 15.9. The molecule has 2 aliphatic rings. The zero-order chi connectivity index (χ0) is 19.7. The minimum absolute atomic E-state index is 0.0499. The second-order valence-corrected chi connectivity index (χ2v) is 7.41. The van der Waals surface area contributed by atoms with Gasteiger partial charge in [-0.3, -0.25) is 9.59 Å². The number of hydrogen-bond acceptors (Lipinski definition) is 4. The maximum atomic E-state index is 13.6. The smallest absolute Gasteiger partial charge is 0.254 e. The van der Waals surface area contributed by atoms with E-state index in [1.807, 2.05) is 0 Å². The molecule has 2 aliphatic heterocycles. The average molecular weight is 382 g/mol. The lowest BCUT2D eigenvalue weighted by atomic mass is 9.99. The second-order valence-electron chi connectivity index (χ2n) is 7.41. The number of hydrogen-bond donors (Lipinski definition) is 0. The first kappa shape index (κ1) is 18.5. The van der Waals surface area contributed by atoms with Gasteiger partial charge in [0.25, 0.3) is 5.91 Å². The second kappa shape index (κ2) is 7.66. The molecule has 1 fully saturated rings. The van der Waals surface area contributed by atoms with Crippen LogP contribution in [0.15, 0.2) is 30.5 Å². The fourth-order valence-corrected chi connectivity index (χ4v) is 3.99. The minimum Gasteiger partial charge on any atom is -0.338 e. The molecular weight excluding hydrogens is 359 g/mol. The van der Waals surface area contributed by atoms with Gasteiger partial charge in [0.1, 0.15) is 5.82 Å². The molecule has 0 bridgehead atoms. The Morgan fingerprint density at radius 3 is 2.86 bits per heavy atom. The lowest BCUT2D eigenvalue weighted by Gasteiger charge is -2.35. The normalized spacial score (nSPS) is 19.3. The maximum absolute atomic E-state index is 13.6. The molecule has 7 heteroatoms. The van der Waals surface area contributed by atoms with E-state index in [4.69, 9.17) is 4.98 Å². The van der Waals surface area contributed by atoms with Crippen LogP contribution in [0.4, 0.5) is 4.39 Å². The Bertz CT molecular complexity index is 917. The molecule has 0 aliphatic carbocycles. The molecule has 1 saturated heterocycles. The highest BCUT2D eigenvalue weighted by Crippen LogP contribution is 2.31. The van der Waals surface area contributed by atoms with Crippen molar-refractivity contribution in [1.29, 1.82) is 0 Å². The van der Waals surface area contributed by atoms with E-state index in [1.165, 1.54) is 12.1 Å². The highest BCUT2D eigenvalue weighted by Gasteiger charge is 2.32. The number of rotatable bonds is 2. The molecule has 0 N–H and O–H groups in total. The molecule has 1 aromatic heterocycles. The maximum Gasteiger partial charge on any atom is 0.254 e. The van der Waals surface area contributed by atoms with Crippen molar-refractivity contribution >= 4 is 11.8 Å². The predicted molar refractivity (Wildman–Crippen MR) is 101 cm³/mol. The number of amides is 2. The molecule has 6 nitrogen and oxygen atoms in total. The molecular formula is C21H23FN4O2. The van der Waals surface area contributed by atoms with Crippen molar-refractivity contribution < 1.29 is 14.0 Å². The van der Waals surface area contributed by atoms with Gasteiger partial charge in [-0.25, -0.2) is 14.4 Å². The SMILES string of the molecule is CC(=O)N1CCc2nc(C3CCCCN3C(=O)c3cccc(F)c3)ncc2C1. The van der Waals surface area contributed by atoms with Crippen molar-refractivity contribution in [2.75, 3.05) is 13.1 Å². The number of piperidine rings is 1. The van der Waals surface area contributed by atoms with Gasteiger partial charge in [-0.1, -0.05) is 6.07 Å². The predicted octanol–water partition coefficient (Wildman–Crippen LogP) is 2.89. The summed E-state index contributed by atoms with van der Waals surface area (Å²) in [6.45, 7) is 3.35. The summed E-state index contributed by atoms with van der Waals surface area (Å²) in [6, 6.07) is 5.60. The Hall–Kier alpha value is -2.83. The number of fused-ring (bicyclic) bond motifs is 1. The lowest BCUT2D eigenvalue weighted by Crippen LogP contribution is -2.40. The van der Waals surface area contributed by atoms with Crippen LogP contribution in [0, 0.1) is 5.82 Å². The zero-order valence-corrected chi connectivity index (χ0v) is 15.9. The third-order valence-electron chi connectivity index (χ3n) is 5.53. The number of carbonyl (C=O) groups is 2. The van der Waals surface area contributed by atoms with Gasteiger partial charge in [-0.05, 0) is 37.5 Å². The number of carbonyl (C=O) groups excluding carboxylic acids is 2. The minimum atomic E-state index is -0.417. The van der Waals surface area contributed by atoms with Crippen molar-refractivity contribution in [3.05, 3.63) is 58.9 Å². The summed E-state index contributed by atoms with van der Waals surface area (Å²) in [7, 11) is 0. The van der Waals surface area contributed by atoms with Crippen LogP contribution in [0.1, 0.15) is 59.7 Å². The van der Waals surface area contributed by atoms with E-state index in [1.54, 1.807) is 35.1 Å². The summed E-state index contributed by atoms with van der Waals surface area (Å²) in [5.74, 6) is 0.0843.